The second-order valence-corrected chi connectivity index (χ2v) is 5.06. The maximum atomic E-state index is 4.35. The Labute approximate surface area is 119 Å². The molecule has 104 valence electrons. The van der Waals surface area contributed by atoms with E-state index >= 15 is 0 Å². The van der Waals surface area contributed by atoms with Gasteiger partial charge in [-0.3, -0.25) is 0 Å². The van der Waals surface area contributed by atoms with E-state index in [1.165, 1.54) is 18.4 Å². The third-order valence-electron chi connectivity index (χ3n) is 3.77. The number of hydrogen-bond donors (Lipinski definition) is 1. The predicted molar refractivity (Wildman–Crippen MR) is 80.0 cm³/mol. The highest BCUT2D eigenvalue weighted by atomic mass is 15.2. The van der Waals surface area contributed by atoms with E-state index in [0.29, 0.717) is 5.92 Å². The average molecular weight is 269 g/mol. The van der Waals surface area contributed by atoms with Crippen LogP contribution in [-0.4, -0.2) is 35.1 Å². The Hall–Kier alpha value is -2.17. The van der Waals surface area contributed by atoms with Crippen molar-refractivity contribution >= 4 is 11.8 Å². The molecule has 20 heavy (non-hydrogen) atoms. The molecule has 1 atom stereocenters. The van der Waals surface area contributed by atoms with Gasteiger partial charge in [-0.25, -0.2) is 15.0 Å². The van der Waals surface area contributed by atoms with Crippen molar-refractivity contribution in [2.45, 2.75) is 18.8 Å². The molecular weight excluding hydrogens is 250 g/mol. The van der Waals surface area contributed by atoms with Crippen molar-refractivity contribution in [2.24, 2.45) is 0 Å². The molecule has 5 nitrogen and oxygen atoms in total. The summed E-state index contributed by atoms with van der Waals surface area (Å²) in [6.07, 6.45) is 7.85. The zero-order valence-corrected chi connectivity index (χ0v) is 11.7. The van der Waals surface area contributed by atoms with Crippen LogP contribution in [0.4, 0.5) is 11.8 Å². The standard InChI is InChI=1S/C15H19N5/c1-16-14-10-12(5-8-17-14)13-4-2-9-20(11-13)15-18-6-3-7-19-15/h3,5-8,10,13H,2,4,9,11H2,1H3,(H,16,17)/t13-/m0/s1. The molecule has 2 aromatic heterocycles. The van der Waals surface area contributed by atoms with Gasteiger partial charge < -0.3 is 10.2 Å². The van der Waals surface area contributed by atoms with Crippen LogP contribution < -0.4 is 10.2 Å². The molecule has 1 fully saturated rings. The van der Waals surface area contributed by atoms with Crippen molar-refractivity contribution in [3.05, 3.63) is 42.4 Å². The molecule has 0 aliphatic carbocycles. The molecular formula is C15H19N5. The van der Waals surface area contributed by atoms with Crippen LogP contribution in [0.25, 0.3) is 0 Å². The van der Waals surface area contributed by atoms with Gasteiger partial charge in [-0.1, -0.05) is 0 Å². The SMILES string of the molecule is CNc1cc([C@H]2CCCN(c3ncccn3)C2)ccn1. The first-order chi connectivity index (χ1) is 9.86. The summed E-state index contributed by atoms with van der Waals surface area (Å²) in [4.78, 5) is 15.3. The lowest BCUT2D eigenvalue weighted by atomic mass is 9.91. The Morgan fingerprint density at radius 3 is 2.85 bits per heavy atom. The van der Waals surface area contributed by atoms with Crippen LogP contribution in [0.15, 0.2) is 36.8 Å². The van der Waals surface area contributed by atoms with E-state index in [1.807, 2.05) is 19.3 Å². The van der Waals surface area contributed by atoms with Crippen LogP contribution >= 0.6 is 0 Å². The lowest BCUT2D eigenvalue weighted by Crippen LogP contribution is -2.35. The number of rotatable bonds is 3. The fourth-order valence-electron chi connectivity index (χ4n) is 2.72. The molecule has 1 aliphatic rings. The van der Waals surface area contributed by atoms with Crippen molar-refractivity contribution in [2.75, 3.05) is 30.4 Å². The second-order valence-electron chi connectivity index (χ2n) is 5.06. The molecule has 1 aliphatic heterocycles. The molecule has 0 radical (unpaired) electrons. The van der Waals surface area contributed by atoms with E-state index in [-0.39, 0.29) is 0 Å². The molecule has 0 amide bonds. The number of nitrogens with zero attached hydrogens (tertiary/aromatic N) is 4. The number of aromatic nitrogens is 3. The van der Waals surface area contributed by atoms with Crippen molar-refractivity contribution in [1.82, 2.24) is 15.0 Å². The highest BCUT2D eigenvalue weighted by Gasteiger charge is 2.23. The Balaban J connectivity index is 1.78. The number of nitrogens with one attached hydrogen (secondary N) is 1. The van der Waals surface area contributed by atoms with E-state index < -0.39 is 0 Å². The zero-order chi connectivity index (χ0) is 13.8. The quantitative estimate of drug-likeness (QED) is 0.926. The lowest BCUT2D eigenvalue weighted by molar-refractivity contribution is 0.503. The first-order valence-corrected chi connectivity index (χ1v) is 7.02. The van der Waals surface area contributed by atoms with Crippen molar-refractivity contribution in [3.63, 3.8) is 0 Å². The van der Waals surface area contributed by atoms with Gasteiger partial charge in [-0.15, -0.1) is 0 Å². The highest BCUT2D eigenvalue weighted by molar-refractivity contribution is 5.40. The molecule has 0 spiro atoms. The topological polar surface area (TPSA) is 53.9 Å². The monoisotopic (exact) mass is 269 g/mol. The van der Waals surface area contributed by atoms with Gasteiger partial charge in [0, 0.05) is 44.6 Å². The van der Waals surface area contributed by atoms with Crippen LogP contribution in [0.2, 0.25) is 0 Å². The minimum absolute atomic E-state index is 0.516. The summed E-state index contributed by atoms with van der Waals surface area (Å²) in [5.74, 6) is 2.28. The first kappa shape index (κ1) is 12.8. The first-order valence-electron chi connectivity index (χ1n) is 7.02. The van der Waals surface area contributed by atoms with Crippen LogP contribution in [0.5, 0.6) is 0 Å². The van der Waals surface area contributed by atoms with Gasteiger partial charge >= 0.3 is 0 Å². The summed E-state index contributed by atoms with van der Waals surface area (Å²) >= 11 is 0. The highest BCUT2D eigenvalue weighted by Crippen LogP contribution is 2.29. The summed E-state index contributed by atoms with van der Waals surface area (Å²) in [6.45, 7) is 2.00. The van der Waals surface area contributed by atoms with Gasteiger partial charge in [0.15, 0.2) is 0 Å². The molecule has 1 N–H and O–H groups in total. The van der Waals surface area contributed by atoms with E-state index in [9.17, 15) is 0 Å². The molecule has 3 heterocycles. The molecule has 0 saturated carbocycles. The number of piperidine rings is 1. The number of pyridine rings is 1. The van der Waals surface area contributed by atoms with Gasteiger partial charge in [-0.05, 0) is 36.6 Å². The Morgan fingerprint density at radius 2 is 2.05 bits per heavy atom. The molecule has 3 rings (SSSR count). The minimum Gasteiger partial charge on any atom is -0.373 e. The Kier molecular flexibility index (Phi) is 3.76. The number of hydrogen-bond acceptors (Lipinski definition) is 5. The van der Waals surface area contributed by atoms with Crippen LogP contribution in [0.1, 0.15) is 24.3 Å². The van der Waals surface area contributed by atoms with Crippen LogP contribution in [0.3, 0.4) is 0 Å². The fourth-order valence-corrected chi connectivity index (χ4v) is 2.72. The number of anilines is 2. The zero-order valence-electron chi connectivity index (χ0n) is 11.7. The largest absolute Gasteiger partial charge is 0.373 e. The Bertz CT molecular complexity index is 557. The maximum absolute atomic E-state index is 4.35. The van der Waals surface area contributed by atoms with E-state index in [0.717, 1.165) is 24.9 Å². The van der Waals surface area contributed by atoms with E-state index in [4.69, 9.17) is 0 Å². The molecule has 0 aromatic carbocycles. The third kappa shape index (κ3) is 2.71. The summed E-state index contributed by atoms with van der Waals surface area (Å²) in [7, 11) is 1.90. The summed E-state index contributed by atoms with van der Waals surface area (Å²) in [6, 6.07) is 6.11. The predicted octanol–water partition coefficient (Wildman–Crippen LogP) is 2.30. The molecule has 2 aromatic rings. The summed E-state index contributed by atoms with van der Waals surface area (Å²) in [5.41, 5.74) is 1.34. The van der Waals surface area contributed by atoms with Crippen molar-refractivity contribution in [3.8, 4) is 0 Å². The molecule has 0 bridgehead atoms. The Morgan fingerprint density at radius 1 is 1.20 bits per heavy atom. The summed E-state index contributed by atoms with van der Waals surface area (Å²) < 4.78 is 0. The van der Waals surface area contributed by atoms with Gasteiger partial charge in [0.05, 0.1) is 0 Å². The van der Waals surface area contributed by atoms with Crippen molar-refractivity contribution in [1.29, 1.82) is 0 Å². The van der Waals surface area contributed by atoms with E-state index in [2.05, 4.69) is 37.3 Å². The van der Waals surface area contributed by atoms with Crippen molar-refractivity contribution < 1.29 is 0 Å². The molecule has 5 heteroatoms. The van der Waals surface area contributed by atoms with Crippen LogP contribution in [0, 0.1) is 0 Å². The second kappa shape index (κ2) is 5.86. The van der Waals surface area contributed by atoms with Gasteiger partial charge in [0.25, 0.3) is 0 Å². The van der Waals surface area contributed by atoms with Crippen LogP contribution in [-0.2, 0) is 0 Å². The van der Waals surface area contributed by atoms with E-state index in [1.54, 1.807) is 12.4 Å². The van der Waals surface area contributed by atoms with Gasteiger partial charge in [0.2, 0.25) is 5.95 Å². The lowest BCUT2D eigenvalue weighted by Gasteiger charge is -2.33. The summed E-state index contributed by atoms with van der Waals surface area (Å²) in [5, 5.41) is 3.10. The molecule has 1 saturated heterocycles. The average Bonchev–Trinajstić information content (AvgIpc) is 2.56. The molecule has 0 unspecified atom stereocenters. The van der Waals surface area contributed by atoms with Gasteiger partial charge in [0.1, 0.15) is 5.82 Å². The fraction of sp³-hybridized carbons (Fsp3) is 0.400. The smallest absolute Gasteiger partial charge is 0.225 e. The minimum atomic E-state index is 0.516. The third-order valence-corrected chi connectivity index (χ3v) is 3.77. The van der Waals surface area contributed by atoms with Gasteiger partial charge in [-0.2, -0.15) is 0 Å². The normalized spacial score (nSPS) is 18.9. The maximum Gasteiger partial charge on any atom is 0.225 e.